The lowest BCUT2D eigenvalue weighted by atomic mass is 10.3. The number of hydrogen-bond donors (Lipinski definition) is 2. The number of hydrogen-bond acceptors (Lipinski definition) is 3. The van der Waals surface area contributed by atoms with E-state index in [-0.39, 0.29) is 0 Å². The number of nitrogens with two attached hydrogens (primary N) is 1. The van der Waals surface area contributed by atoms with Crippen molar-refractivity contribution in [2.24, 2.45) is 5.73 Å². The summed E-state index contributed by atoms with van der Waals surface area (Å²) >= 11 is 0. The maximum Gasteiger partial charge on any atom is 0.0750 e. The zero-order chi connectivity index (χ0) is 7.68. The minimum absolute atomic E-state index is 0.338. The largest absolute Gasteiger partial charge is 0.367 e. The SMILES string of the molecule is NC1CCN(c2cn[nH]c2)C1. The molecule has 1 aliphatic rings. The molecule has 1 aromatic rings. The molecule has 60 valence electrons. The fourth-order valence-electron chi connectivity index (χ4n) is 1.44. The Hall–Kier alpha value is -1.03. The average molecular weight is 152 g/mol. The van der Waals surface area contributed by atoms with Crippen molar-refractivity contribution in [3.63, 3.8) is 0 Å². The third-order valence-corrected chi connectivity index (χ3v) is 2.07. The van der Waals surface area contributed by atoms with Gasteiger partial charge >= 0.3 is 0 Å². The van der Waals surface area contributed by atoms with Gasteiger partial charge in [0.25, 0.3) is 0 Å². The number of rotatable bonds is 1. The first kappa shape index (κ1) is 6.67. The van der Waals surface area contributed by atoms with Crippen LogP contribution in [0.5, 0.6) is 0 Å². The first-order valence-corrected chi connectivity index (χ1v) is 3.85. The van der Waals surface area contributed by atoms with Gasteiger partial charge in [-0.1, -0.05) is 0 Å². The second-order valence-electron chi connectivity index (χ2n) is 2.95. The summed E-state index contributed by atoms with van der Waals surface area (Å²) in [6, 6.07) is 0.338. The Kier molecular flexibility index (Phi) is 1.54. The summed E-state index contributed by atoms with van der Waals surface area (Å²) < 4.78 is 0. The molecule has 0 amide bonds. The summed E-state index contributed by atoms with van der Waals surface area (Å²) in [5.41, 5.74) is 6.91. The molecule has 11 heavy (non-hydrogen) atoms. The first-order valence-electron chi connectivity index (χ1n) is 3.85. The van der Waals surface area contributed by atoms with Crippen LogP contribution in [-0.4, -0.2) is 29.3 Å². The standard InChI is InChI=1S/C7H12N4/c8-6-1-2-11(5-6)7-3-9-10-4-7/h3-4,6H,1-2,5,8H2,(H,9,10). The van der Waals surface area contributed by atoms with Crippen LogP contribution >= 0.6 is 0 Å². The number of aromatic amines is 1. The topological polar surface area (TPSA) is 57.9 Å². The molecule has 4 nitrogen and oxygen atoms in total. The number of nitrogens with zero attached hydrogens (tertiary/aromatic N) is 2. The summed E-state index contributed by atoms with van der Waals surface area (Å²) in [6.45, 7) is 2.01. The third-order valence-electron chi connectivity index (χ3n) is 2.07. The van der Waals surface area contributed by atoms with Gasteiger partial charge in [0.1, 0.15) is 0 Å². The molecule has 2 heterocycles. The summed E-state index contributed by atoms with van der Waals surface area (Å²) in [5, 5.41) is 6.67. The normalized spacial score (nSPS) is 24.5. The van der Waals surface area contributed by atoms with Gasteiger partial charge in [-0.3, -0.25) is 5.10 Å². The second-order valence-corrected chi connectivity index (χ2v) is 2.95. The van der Waals surface area contributed by atoms with Gasteiger partial charge in [-0.05, 0) is 6.42 Å². The fraction of sp³-hybridized carbons (Fsp3) is 0.571. The van der Waals surface area contributed by atoms with Crippen LogP contribution in [0, 0.1) is 0 Å². The van der Waals surface area contributed by atoms with E-state index in [9.17, 15) is 0 Å². The summed E-state index contributed by atoms with van der Waals surface area (Å²) in [6.07, 6.45) is 4.82. The molecule has 0 radical (unpaired) electrons. The summed E-state index contributed by atoms with van der Waals surface area (Å²) in [7, 11) is 0. The molecule has 1 fully saturated rings. The summed E-state index contributed by atoms with van der Waals surface area (Å²) in [5.74, 6) is 0. The van der Waals surface area contributed by atoms with Crippen molar-refractivity contribution in [1.29, 1.82) is 0 Å². The molecule has 0 aliphatic carbocycles. The average Bonchev–Trinajstić information content (AvgIpc) is 2.55. The van der Waals surface area contributed by atoms with Gasteiger partial charge in [-0.15, -0.1) is 0 Å². The van der Waals surface area contributed by atoms with Crippen LogP contribution < -0.4 is 10.6 Å². The molecule has 3 N–H and O–H groups in total. The Morgan fingerprint density at radius 1 is 1.73 bits per heavy atom. The van der Waals surface area contributed by atoms with E-state index in [2.05, 4.69) is 15.1 Å². The maximum atomic E-state index is 5.76. The van der Waals surface area contributed by atoms with E-state index in [1.54, 1.807) is 0 Å². The van der Waals surface area contributed by atoms with E-state index in [1.165, 1.54) is 0 Å². The van der Waals surface area contributed by atoms with E-state index in [4.69, 9.17) is 5.73 Å². The number of nitrogens with one attached hydrogen (secondary N) is 1. The van der Waals surface area contributed by atoms with Crippen LogP contribution in [-0.2, 0) is 0 Å². The molecular formula is C7H12N4. The molecule has 0 saturated carbocycles. The highest BCUT2D eigenvalue weighted by atomic mass is 15.2. The van der Waals surface area contributed by atoms with Gasteiger partial charge in [-0.25, -0.2) is 0 Å². The van der Waals surface area contributed by atoms with E-state index in [0.717, 1.165) is 25.2 Å². The van der Waals surface area contributed by atoms with Crippen molar-refractivity contribution in [1.82, 2.24) is 10.2 Å². The molecule has 1 aromatic heterocycles. The predicted octanol–water partition coefficient (Wildman–Crippen LogP) is -0.0529. The highest BCUT2D eigenvalue weighted by Crippen LogP contribution is 2.16. The number of aromatic nitrogens is 2. The molecule has 0 spiro atoms. The lowest BCUT2D eigenvalue weighted by molar-refractivity contribution is 0.752. The fourth-order valence-corrected chi connectivity index (χ4v) is 1.44. The Labute approximate surface area is 65.4 Å². The van der Waals surface area contributed by atoms with Crippen LogP contribution in [0.3, 0.4) is 0 Å². The van der Waals surface area contributed by atoms with Gasteiger partial charge in [0.05, 0.1) is 11.9 Å². The van der Waals surface area contributed by atoms with Crippen molar-refractivity contribution >= 4 is 5.69 Å². The zero-order valence-electron chi connectivity index (χ0n) is 6.33. The van der Waals surface area contributed by atoms with Crippen LogP contribution in [0.1, 0.15) is 6.42 Å². The van der Waals surface area contributed by atoms with Crippen LogP contribution in [0.25, 0.3) is 0 Å². The minimum atomic E-state index is 0.338. The minimum Gasteiger partial charge on any atom is -0.367 e. The molecule has 1 saturated heterocycles. The Balaban J connectivity index is 2.08. The van der Waals surface area contributed by atoms with Crippen molar-refractivity contribution < 1.29 is 0 Å². The van der Waals surface area contributed by atoms with Gasteiger partial charge in [0, 0.05) is 25.3 Å². The smallest absolute Gasteiger partial charge is 0.0750 e. The van der Waals surface area contributed by atoms with E-state index in [1.807, 2.05) is 12.4 Å². The van der Waals surface area contributed by atoms with Crippen LogP contribution in [0.2, 0.25) is 0 Å². The highest BCUT2D eigenvalue weighted by molar-refractivity contribution is 5.43. The quantitative estimate of drug-likeness (QED) is 0.593. The van der Waals surface area contributed by atoms with E-state index in [0.29, 0.717) is 6.04 Å². The van der Waals surface area contributed by atoms with Crippen molar-refractivity contribution in [2.45, 2.75) is 12.5 Å². The van der Waals surface area contributed by atoms with Gasteiger partial charge in [-0.2, -0.15) is 5.10 Å². The van der Waals surface area contributed by atoms with E-state index < -0.39 is 0 Å². The number of H-pyrrole nitrogens is 1. The molecule has 2 rings (SSSR count). The third kappa shape index (κ3) is 1.21. The number of anilines is 1. The molecule has 0 bridgehead atoms. The molecule has 0 aromatic carbocycles. The Bertz CT molecular complexity index is 218. The lowest BCUT2D eigenvalue weighted by Crippen LogP contribution is -2.25. The second kappa shape index (κ2) is 2.54. The highest BCUT2D eigenvalue weighted by Gasteiger charge is 2.19. The maximum absolute atomic E-state index is 5.76. The first-order chi connectivity index (χ1) is 5.36. The molecule has 1 aliphatic heterocycles. The van der Waals surface area contributed by atoms with Crippen LogP contribution in [0.15, 0.2) is 12.4 Å². The van der Waals surface area contributed by atoms with Crippen molar-refractivity contribution in [3.05, 3.63) is 12.4 Å². The monoisotopic (exact) mass is 152 g/mol. The van der Waals surface area contributed by atoms with Crippen molar-refractivity contribution in [2.75, 3.05) is 18.0 Å². The molecular weight excluding hydrogens is 140 g/mol. The van der Waals surface area contributed by atoms with Gasteiger partial charge in [0.2, 0.25) is 0 Å². The van der Waals surface area contributed by atoms with Crippen molar-refractivity contribution in [3.8, 4) is 0 Å². The Morgan fingerprint density at radius 3 is 3.18 bits per heavy atom. The van der Waals surface area contributed by atoms with Gasteiger partial charge in [0.15, 0.2) is 0 Å². The molecule has 4 heteroatoms. The molecule has 1 atom stereocenters. The summed E-state index contributed by atoms with van der Waals surface area (Å²) in [4.78, 5) is 2.24. The lowest BCUT2D eigenvalue weighted by Gasteiger charge is -2.14. The predicted molar refractivity (Wildman–Crippen MR) is 43.4 cm³/mol. The molecule has 1 unspecified atom stereocenters. The Morgan fingerprint density at radius 2 is 2.64 bits per heavy atom. The van der Waals surface area contributed by atoms with Gasteiger partial charge < -0.3 is 10.6 Å². The van der Waals surface area contributed by atoms with E-state index >= 15 is 0 Å². The zero-order valence-corrected chi connectivity index (χ0v) is 6.33. The van der Waals surface area contributed by atoms with Crippen LogP contribution in [0.4, 0.5) is 5.69 Å².